The molecule has 38 heavy (non-hydrogen) atoms. The smallest absolute Gasteiger partial charge is 0.263 e. The molecule has 4 N–H and O–H groups in total. The Bertz CT molecular complexity index is 1270. The first-order valence-corrected chi connectivity index (χ1v) is 13.0. The average molecular weight is 524 g/mol. The Labute approximate surface area is 223 Å². The second-order valence-corrected chi connectivity index (χ2v) is 10.4. The summed E-state index contributed by atoms with van der Waals surface area (Å²) in [7, 11) is 0. The van der Waals surface area contributed by atoms with E-state index < -0.39 is 5.60 Å². The molecular weight excluding hydrogens is 486 g/mol. The van der Waals surface area contributed by atoms with Crippen LogP contribution in [0.3, 0.4) is 0 Å². The highest BCUT2D eigenvalue weighted by Gasteiger charge is 2.40. The van der Waals surface area contributed by atoms with E-state index in [1.165, 1.54) is 18.2 Å². The number of nitrogens with zero attached hydrogens (tertiary/aromatic N) is 2. The topological polar surface area (TPSA) is 123 Å². The van der Waals surface area contributed by atoms with Crippen LogP contribution < -0.4 is 10.1 Å². The van der Waals surface area contributed by atoms with E-state index in [4.69, 9.17) is 4.74 Å². The molecule has 0 aliphatic carbocycles. The number of phenolic OH excluding ortho intramolecular Hbond substituents is 3. The van der Waals surface area contributed by atoms with Crippen LogP contribution >= 0.6 is 0 Å². The highest BCUT2D eigenvalue weighted by molar-refractivity contribution is 5.92. The Balaban J connectivity index is 1.24. The lowest BCUT2D eigenvalue weighted by Crippen LogP contribution is -2.53. The molecule has 0 bridgehead atoms. The fourth-order valence-corrected chi connectivity index (χ4v) is 5.03. The molecule has 1 saturated heterocycles. The third-order valence-electron chi connectivity index (χ3n) is 7.82. The van der Waals surface area contributed by atoms with Crippen molar-refractivity contribution in [3.8, 4) is 23.0 Å². The number of fused-ring (bicyclic) bond motifs is 1. The summed E-state index contributed by atoms with van der Waals surface area (Å²) in [5, 5.41) is 32.4. The van der Waals surface area contributed by atoms with Gasteiger partial charge in [-0.2, -0.15) is 0 Å². The molecule has 9 nitrogen and oxygen atoms in total. The number of phenols is 3. The molecule has 2 aromatic carbocycles. The Morgan fingerprint density at radius 1 is 1.03 bits per heavy atom. The number of piperazine rings is 1. The van der Waals surface area contributed by atoms with Crippen LogP contribution in [0.4, 0.5) is 0 Å². The van der Waals surface area contributed by atoms with Gasteiger partial charge in [-0.05, 0) is 74.6 Å². The third-order valence-corrected chi connectivity index (χ3v) is 7.82. The largest absolute Gasteiger partial charge is 0.507 e. The number of amides is 2. The van der Waals surface area contributed by atoms with Gasteiger partial charge < -0.3 is 30.3 Å². The van der Waals surface area contributed by atoms with Crippen LogP contribution in [0.2, 0.25) is 0 Å². The van der Waals surface area contributed by atoms with E-state index in [0.717, 1.165) is 22.3 Å². The average Bonchev–Trinajstić information content (AvgIpc) is 2.91. The summed E-state index contributed by atoms with van der Waals surface area (Å²) < 4.78 is 6.27. The maximum Gasteiger partial charge on any atom is 0.263 e. The number of nitrogens with one attached hydrogen (secondary N) is 1. The lowest BCUT2D eigenvalue weighted by molar-refractivity contribution is -0.137. The second kappa shape index (κ2) is 10.9. The van der Waals surface area contributed by atoms with Crippen LogP contribution in [0.25, 0.3) is 6.08 Å². The van der Waals surface area contributed by atoms with E-state index in [2.05, 4.69) is 10.2 Å². The zero-order chi connectivity index (χ0) is 27.6. The van der Waals surface area contributed by atoms with Crippen molar-refractivity contribution < 1.29 is 29.6 Å². The standard InChI is InChI=1S/C29H37N3O6/c1-18-19(2)27-22(20(3)26(18)36)9-10-29(4,38-27)28(37)30-11-12-31-13-15-32(16-14-31)25(35)8-6-21-5-7-23(33)24(34)17-21/h5-8,17,33-34,36H,9-16H2,1-4H3,(H,30,37)/b8-6+. The maximum atomic E-state index is 13.1. The fraction of sp³-hybridized carbons (Fsp3) is 0.448. The molecule has 2 aliphatic heterocycles. The van der Waals surface area contributed by atoms with E-state index in [1.807, 2.05) is 27.7 Å². The van der Waals surface area contributed by atoms with Crippen LogP contribution in [-0.4, -0.2) is 81.8 Å². The van der Waals surface area contributed by atoms with Crippen LogP contribution in [0, 0.1) is 20.8 Å². The Hall–Kier alpha value is -3.72. The second-order valence-electron chi connectivity index (χ2n) is 10.4. The van der Waals surface area contributed by atoms with Gasteiger partial charge in [0.2, 0.25) is 5.91 Å². The first kappa shape index (κ1) is 27.3. The zero-order valence-electron chi connectivity index (χ0n) is 22.5. The molecule has 2 amide bonds. The Morgan fingerprint density at radius 2 is 1.74 bits per heavy atom. The molecular formula is C29H37N3O6. The molecule has 2 heterocycles. The minimum atomic E-state index is -0.973. The van der Waals surface area contributed by atoms with Gasteiger partial charge in [-0.25, -0.2) is 0 Å². The normalized spacial score (nSPS) is 19.7. The van der Waals surface area contributed by atoms with Gasteiger partial charge in [0.1, 0.15) is 11.5 Å². The van der Waals surface area contributed by atoms with Crippen LogP contribution in [0.15, 0.2) is 24.3 Å². The first-order valence-electron chi connectivity index (χ1n) is 13.0. The predicted molar refractivity (Wildman–Crippen MR) is 145 cm³/mol. The maximum absolute atomic E-state index is 13.1. The molecule has 0 saturated carbocycles. The minimum absolute atomic E-state index is 0.109. The van der Waals surface area contributed by atoms with Crippen molar-refractivity contribution in [3.63, 3.8) is 0 Å². The van der Waals surface area contributed by atoms with Gasteiger partial charge in [-0.3, -0.25) is 14.5 Å². The molecule has 0 aromatic heterocycles. The molecule has 0 spiro atoms. The van der Waals surface area contributed by atoms with Crippen molar-refractivity contribution in [3.05, 3.63) is 52.1 Å². The van der Waals surface area contributed by atoms with E-state index >= 15 is 0 Å². The summed E-state index contributed by atoms with van der Waals surface area (Å²) in [6.45, 7) is 11.2. The number of hydrogen-bond donors (Lipinski definition) is 4. The molecule has 204 valence electrons. The van der Waals surface area contributed by atoms with Gasteiger partial charge in [0, 0.05) is 57.3 Å². The van der Waals surface area contributed by atoms with E-state index in [0.29, 0.717) is 69.2 Å². The van der Waals surface area contributed by atoms with E-state index in [-0.39, 0.29) is 23.3 Å². The van der Waals surface area contributed by atoms with Gasteiger partial charge in [0.15, 0.2) is 17.1 Å². The number of carbonyl (C=O) groups excluding carboxylic acids is 2. The van der Waals surface area contributed by atoms with Crippen molar-refractivity contribution >= 4 is 17.9 Å². The van der Waals surface area contributed by atoms with Crippen molar-refractivity contribution in [2.24, 2.45) is 0 Å². The molecule has 2 aromatic rings. The summed E-state index contributed by atoms with van der Waals surface area (Å²) in [5.74, 6) is 0.321. The Kier molecular flexibility index (Phi) is 7.87. The number of carbonyl (C=O) groups is 2. The lowest BCUT2D eigenvalue weighted by atomic mass is 9.86. The fourth-order valence-electron chi connectivity index (χ4n) is 5.03. The zero-order valence-corrected chi connectivity index (χ0v) is 22.5. The monoisotopic (exact) mass is 523 g/mol. The van der Waals surface area contributed by atoms with Crippen molar-refractivity contribution in [1.82, 2.24) is 15.1 Å². The van der Waals surface area contributed by atoms with Gasteiger partial charge in [-0.1, -0.05) is 6.07 Å². The summed E-state index contributed by atoms with van der Waals surface area (Å²) in [4.78, 5) is 29.6. The van der Waals surface area contributed by atoms with Crippen molar-refractivity contribution in [2.75, 3.05) is 39.3 Å². The summed E-state index contributed by atoms with van der Waals surface area (Å²) in [6, 6.07) is 4.40. The summed E-state index contributed by atoms with van der Waals surface area (Å²) in [5.41, 5.74) is 3.08. The molecule has 1 fully saturated rings. The van der Waals surface area contributed by atoms with Crippen LogP contribution in [0.1, 0.15) is 41.2 Å². The SMILES string of the molecule is Cc1c(C)c2c(c(C)c1O)CCC(C)(C(=O)NCCN1CCN(C(=O)/C=C/c3ccc(O)c(O)c3)CC1)O2. The molecule has 4 rings (SSSR count). The highest BCUT2D eigenvalue weighted by Crippen LogP contribution is 2.43. The van der Waals surface area contributed by atoms with Gasteiger partial charge in [0.25, 0.3) is 5.91 Å². The van der Waals surface area contributed by atoms with Crippen molar-refractivity contribution in [2.45, 2.75) is 46.1 Å². The number of aromatic hydroxyl groups is 3. The Morgan fingerprint density at radius 3 is 2.42 bits per heavy atom. The number of rotatable bonds is 6. The van der Waals surface area contributed by atoms with Crippen molar-refractivity contribution in [1.29, 1.82) is 0 Å². The lowest BCUT2D eigenvalue weighted by Gasteiger charge is -2.37. The third kappa shape index (κ3) is 5.57. The van der Waals surface area contributed by atoms with Gasteiger partial charge in [0.05, 0.1) is 0 Å². The molecule has 9 heteroatoms. The molecule has 1 unspecified atom stereocenters. The quantitative estimate of drug-likeness (QED) is 0.339. The number of ether oxygens (including phenoxy) is 1. The predicted octanol–water partition coefficient (Wildman–Crippen LogP) is 2.79. The van der Waals surface area contributed by atoms with Gasteiger partial charge in [-0.15, -0.1) is 0 Å². The van der Waals surface area contributed by atoms with Crippen LogP contribution in [-0.2, 0) is 16.0 Å². The molecule has 2 aliphatic rings. The first-order chi connectivity index (χ1) is 18.0. The van der Waals surface area contributed by atoms with E-state index in [9.17, 15) is 24.9 Å². The minimum Gasteiger partial charge on any atom is -0.507 e. The number of hydrogen-bond acceptors (Lipinski definition) is 7. The summed E-state index contributed by atoms with van der Waals surface area (Å²) >= 11 is 0. The number of benzene rings is 2. The van der Waals surface area contributed by atoms with E-state index in [1.54, 1.807) is 17.0 Å². The summed E-state index contributed by atoms with van der Waals surface area (Å²) in [6.07, 6.45) is 4.28. The molecule has 0 radical (unpaired) electrons. The van der Waals surface area contributed by atoms with Crippen LogP contribution in [0.5, 0.6) is 23.0 Å². The van der Waals surface area contributed by atoms with Gasteiger partial charge >= 0.3 is 0 Å². The highest BCUT2D eigenvalue weighted by atomic mass is 16.5. The molecule has 1 atom stereocenters.